The van der Waals surface area contributed by atoms with Gasteiger partial charge in [0.05, 0.1) is 40.1 Å². The van der Waals surface area contributed by atoms with Gasteiger partial charge in [0.25, 0.3) is 0 Å². The number of carbonyl (C=O) groups excluding carboxylic acids is 2. The highest BCUT2D eigenvalue weighted by Crippen LogP contribution is 2.34. The van der Waals surface area contributed by atoms with Gasteiger partial charge >= 0.3 is 12.0 Å². The molecular formula is C26H32N4O6. The predicted octanol–water partition coefficient (Wildman–Crippen LogP) is 2.32. The number of anilines is 1. The normalized spacial score (nSPS) is 18.3. The Morgan fingerprint density at radius 2 is 1.69 bits per heavy atom. The monoisotopic (exact) mass is 496 g/mol. The lowest BCUT2D eigenvalue weighted by molar-refractivity contribution is -0.136. The molecule has 10 heteroatoms. The molecule has 192 valence electrons. The highest BCUT2D eigenvalue weighted by atomic mass is 16.5. The zero-order valence-corrected chi connectivity index (χ0v) is 21.0. The van der Waals surface area contributed by atoms with Crippen molar-refractivity contribution in [3.05, 3.63) is 59.3 Å². The molecule has 2 heterocycles. The van der Waals surface area contributed by atoms with E-state index in [1.54, 1.807) is 32.4 Å². The molecule has 2 aromatic rings. The predicted molar refractivity (Wildman–Crippen MR) is 135 cm³/mol. The van der Waals surface area contributed by atoms with Gasteiger partial charge < -0.3 is 34.5 Å². The van der Waals surface area contributed by atoms with Crippen molar-refractivity contribution in [2.75, 3.05) is 66.1 Å². The molecule has 0 unspecified atom stereocenters. The number of esters is 1. The second kappa shape index (κ2) is 11.2. The summed E-state index contributed by atoms with van der Waals surface area (Å²) >= 11 is 0. The van der Waals surface area contributed by atoms with Gasteiger partial charge in [0, 0.05) is 50.2 Å². The van der Waals surface area contributed by atoms with Crippen molar-refractivity contribution in [1.29, 1.82) is 0 Å². The Balaban J connectivity index is 1.56. The quantitative estimate of drug-likeness (QED) is 0.537. The molecule has 2 aliphatic rings. The molecule has 36 heavy (non-hydrogen) atoms. The third-order valence-electron chi connectivity index (χ3n) is 6.47. The Bertz CT molecular complexity index is 1140. The number of amides is 2. The number of rotatable bonds is 8. The van der Waals surface area contributed by atoms with E-state index in [4.69, 9.17) is 18.9 Å². The number of benzene rings is 2. The van der Waals surface area contributed by atoms with Crippen LogP contribution in [0.1, 0.15) is 11.6 Å². The maximum absolute atomic E-state index is 12.9. The summed E-state index contributed by atoms with van der Waals surface area (Å²) in [5.74, 6) is 1.37. The van der Waals surface area contributed by atoms with Crippen LogP contribution >= 0.6 is 0 Å². The molecule has 0 saturated carbocycles. The van der Waals surface area contributed by atoms with Gasteiger partial charge in [-0.1, -0.05) is 12.1 Å². The first-order chi connectivity index (χ1) is 17.5. The van der Waals surface area contributed by atoms with Crippen molar-refractivity contribution in [3.63, 3.8) is 0 Å². The summed E-state index contributed by atoms with van der Waals surface area (Å²) < 4.78 is 21.2. The lowest BCUT2D eigenvalue weighted by Crippen LogP contribution is -2.51. The maximum atomic E-state index is 12.9. The van der Waals surface area contributed by atoms with Gasteiger partial charge in [-0.2, -0.15) is 0 Å². The topological polar surface area (TPSA) is 102 Å². The number of methoxy groups -OCH3 is 4. The molecule has 2 aromatic carbocycles. The molecule has 0 aromatic heterocycles. The minimum Gasteiger partial charge on any atom is -0.497 e. The van der Waals surface area contributed by atoms with Gasteiger partial charge in [0.15, 0.2) is 11.5 Å². The number of hydrogen-bond acceptors (Lipinski definition) is 8. The fourth-order valence-electron chi connectivity index (χ4n) is 4.57. The highest BCUT2D eigenvalue weighted by molar-refractivity contribution is 5.95. The standard InChI is InChI=1S/C26H32N4O6/c1-33-19-7-5-6-18(15-19)30-12-10-29(11-13-30)16-20-23(25(31)36-4)24(28-26(32)27-20)17-8-9-21(34-2)22(14-17)35-3/h5-9,14-15,24H,10-13,16H2,1-4H3,(H2,27,28,32)/t24-/m0/s1. The summed E-state index contributed by atoms with van der Waals surface area (Å²) in [6.45, 7) is 3.55. The van der Waals surface area contributed by atoms with Crippen LogP contribution in [0.4, 0.5) is 10.5 Å². The van der Waals surface area contributed by atoms with Crippen LogP contribution < -0.4 is 29.7 Å². The van der Waals surface area contributed by atoms with E-state index in [-0.39, 0.29) is 6.03 Å². The Morgan fingerprint density at radius 3 is 2.36 bits per heavy atom. The molecule has 0 aliphatic carbocycles. The van der Waals surface area contributed by atoms with Gasteiger partial charge in [-0.05, 0) is 29.8 Å². The van der Waals surface area contributed by atoms with Crippen LogP contribution in [0.25, 0.3) is 0 Å². The van der Waals surface area contributed by atoms with E-state index >= 15 is 0 Å². The first-order valence-corrected chi connectivity index (χ1v) is 11.7. The molecule has 1 fully saturated rings. The van der Waals surface area contributed by atoms with Crippen molar-refractivity contribution in [3.8, 4) is 17.2 Å². The van der Waals surface area contributed by atoms with E-state index in [1.807, 2.05) is 18.2 Å². The molecule has 2 amide bonds. The smallest absolute Gasteiger partial charge is 0.338 e. The van der Waals surface area contributed by atoms with Gasteiger partial charge in [0.2, 0.25) is 0 Å². The van der Waals surface area contributed by atoms with Crippen molar-refractivity contribution in [2.45, 2.75) is 6.04 Å². The fourth-order valence-corrected chi connectivity index (χ4v) is 4.57. The minimum absolute atomic E-state index is 0.361. The Hall–Kier alpha value is -3.92. The van der Waals surface area contributed by atoms with Crippen LogP contribution in [0.15, 0.2) is 53.7 Å². The zero-order chi connectivity index (χ0) is 25.7. The van der Waals surface area contributed by atoms with E-state index in [0.717, 1.165) is 37.6 Å². The first kappa shape index (κ1) is 25.2. The van der Waals surface area contributed by atoms with E-state index in [2.05, 4.69) is 26.5 Å². The van der Waals surface area contributed by atoms with Gasteiger partial charge in [-0.3, -0.25) is 4.90 Å². The fraction of sp³-hybridized carbons (Fsp3) is 0.385. The van der Waals surface area contributed by atoms with Crippen LogP contribution in [0, 0.1) is 0 Å². The summed E-state index contributed by atoms with van der Waals surface area (Å²) in [6.07, 6.45) is 0. The maximum Gasteiger partial charge on any atom is 0.338 e. The number of nitrogens with zero attached hydrogens (tertiary/aromatic N) is 2. The molecule has 0 bridgehead atoms. The number of ether oxygens (including phenoxy) is 4. The van der Waals surface area contributed by atoms with E-state index in [1.165, 1.54) is 14.2 Å². The molecule has 4 rings (SSSR count). The van der Waals surface area contributed by atoms with E-state index in [9.17, 15) is 9.59 Å². The average Bonchev–Trinajstić information content (AvgIpc) is 2.92. The lowest BCUT2D eigenvalue weighted by Gasteiger charge is -2.38. The SMILES string of the molecule is COC(=O)C1=C(CN2CCN(c3cccc(OC)c3)CC2)NC(=O)N[C@H]1c1ccc(OC)c(OC)c1. The third-order valence-corrected chi connectivity index (χ3v) is 6.47. The van der Waals surface area contributed by atoms with Crippen LogP contribution in [-0.4, -0.2) is 78.1 Å². The van der Waals surface area contributed by atoms with Crippen LogP contribution in [0.2, 0.25) is 0 Å². The van der Waals surface area contributed by atoms with Crippen LogP contribution in [-0.2, 0) is 9.53 Å². The summed E-state index contributed by atoms with van der Waals surface area (Å²) in [4.78, 5) is 30.1. The average molecular weight is 497 g/mol. The largest absolute Gasteiger partial charge is 0.497 e. The van der Waals surface area contributed by atoms with Crippen molar-refractivity contribution in [1.82, 2.24) is 15.5 Å². The Labute approximate surface area is 210 Å². The molecule has 1 saturated heterocycles. The molecule has 0 radical (unpaired) electrons. The second-order valence-electron chi connectivity index (χ2n) is 8.49. The summed E-state index contributed by atoms with van der Waals surface area (Å²) in [7, 11) is 6.08. The first-order valence-electron chi connectivity index (χ1n) is 11.7. The zero-order valence-electron chi connectivity index (χ0n) is 21.0. The van der Waals surface area contributed by atoms with Crippen LogP contribution in [0.5, 0.6) is 17.2 Å². The van der Waals surface area contributed by atoms with Crippen molar-refractivity contribution < 1.29 is 28.5 Å². The summed E-state index contributed by atoms with van der Waals surface area (Å²) in [6, 6.07) is 12.2. The molecule has 2 N–H and O–H groups in total. The molecule has 10 nitrogen and oxygen atoms in total. The molecule has 1 atom stereocenters. The molecule has 0 spiro atoms. The minimum atomic E-state index is -0.695. The van der Waals surface area contributed by atoms with Gasteiger partial charge in [-0.15, -0.1) is 0 Å². The second-order valence-corrected chi connectivity index (χ2v) is 8.49. The van der Waals surface area contributed by atoms with Crippen LogP contribution in [0.3, 0.4) is 0 Å². The molecule has 2 aliphatic heterocycles. The van der Waals surface area contributed by atoms with Gasteiger partial charge in [0.1, 0.15) is 5.75 Å². The van der Waals surface area contributed by atoms with Crippen molar-refractivity contribution >= 4 is 17.7 Å². The number of nitrogens with one attached hydrogen (secondary N) is 2. The number of hydrogen-bond donors (Lipinski definition) is 2. The van der Waals surface area contributed by atoms with Crippen molar-refractivity contribution in [2.24, 2.45) is 0 Å². The van der Waals surface area contributed by atoms with E-state index in [0.29, 0.717) is 34.9 Å². The summed E-state index contributed by atoms with van der Waals surface area (Å²) in [5, 5.41) is 5.69. The Kier molecular flexibility index (Phi) is 7.84. The highest BCUT2D eigenvalue weighted by Gasteiger charge is 2.35. The van der Waals surface area contributed by atoms with Gasteiger partial charge in [-0.25, -0.2) is 9.59 Å². The van der Waals surface area contributed by atoms with E-state index < -0.39 is 12.0 Å². The number of urea groups is 1. The number of piperazine rings is 1. The third kappa shape index (κ3) is 5.33. The molecular weight excluding hydrogens is 464 g/mol. The lowest BCUT2D eigenvalue weighted by atomic mass is 9.94. The number of carbonyl (C=O) groups is 2. The summed E-state index contributed by atoms with van der Waals surface area (Å²) in [5.41, 5.74) is 2.68. The Morgan fingerprint density at radius 1 is 0.944 bits per heavy atom.